The third-order valence-electron chi connectivity index (χ3n) is 11.6. The van der Waals surface area contributed by atoms with Crippen LogP contribution in [0, 0.1) is 0 Å². The van der Waals surface area contributed by atoms with Crippen LogP contribution in [0.25, 0.3) is 0 Å². The third-order valence-corrected chi connectivity index (χ3v) is 11.6. The van der Waals surface area contributed by atoms with E-state index in [4.69, 9.17) is 14.2 Å². The SMILES string of the molecule is CCCCC/C=C\CCCCCCCC(=O)OC(COC(=O)CCCCCCC)COC(=O)CCCCCCCCCCCCCC/C=C\C/C=C\C/C=C\CCCCCCC. The lowest BCUT2D eigenvalue weighted by Gasteiger charge is -2.18. The quantitative estimate of drug-likeness (QED) is 0.0262. The van der Waals surface area contributed by atoms with Crippen molar-refractivity contribution in [2.75, 3.05) is 13.2 Å². The number of unbranched alkanes of at least 4 members (excludes halogenated alkanes) is 29. The van der Waals surface area contributed by atoms with E-state index in [-0.39, 0.29) is 31.1 Å². The Morgan fingerprint density at radius 1 is 0.323 bits per heavy atom. The summed E-state index contributed by atoms with van der Waals surface area (Å²) < 4.78 is 16.6. The van der Waals surface area contributed by atoms with Gasteiger partial charge in [0.1, 0.15) is 13.2 Å². The summed E-state index contributed by atoms with van der Waals surface area (Å²) in [6.45, 7) is 6.52. The van der Waals surface area contributed by atoms with Gasteiger partial charge in [-0.25, -0.2) is 0 Å². The van der Waals surface area contributed by atoms with Gasteiger partial charge in [0.15, 0.2) is 6.10 Å². The Kier molecular flexibility index (Phi) is 48.8. The number of rotatable bonds is 48. The van der Waals surface area contributed by atoms with Crippen molar-refractivity contribution in [3.63, 3.8) is 0 Å². The van der Waals surface area contributed by atoms with Crippen LogP contribution in [-0.4, -0.2) is 37.2 Å². The van der Waals surface area contributed by atoms with E-state index in [0.29, 0.717) is 19.3 Å². The first kappa shape index (κ1) is 59.4. The molecule has 1 unspecified atom stereocenters. The summed E-state index contributed by atoms with van der Waals surface area (Å²) in [5.41, 5.74) is 0. The molecule has 62 heavy (non-hydrogen) atoms. The molecule has 0 fully saturated rings. The highest BCUT2D eigenvalue weighted by molar-refractivity contribution is 5.71. The molecule has 0 spiro atoms. The van der Waals surface area contributed by atoms with Gasteiger partial charge in [-0.05, 0) is 83.5 Å². The van der Waals surface area contributed by atoms with Crippen molar-refractivity contribution in [2.45, 2.75) is 277 Å². The molecule has 0 aliphatic rings. The minimum Gasteiger partial charge on any atom is -0.462 e. The topological polar surface area (TPSA) is 78.9 Å². The number of carbonyl (C=O) groups is 3. The molecule has 1 atom stereocenters. The molecule has 0 aromatic rings. The summed E-state index contributed by atoms with van der Waals surface area (Å²) in [6.07, 6.45) is 61.5. The van der Waals surface area contributed by atoms with Crippen LogP contribution in [-0.2, 0) is 28.6 Å². The first-order valence-corrected chi connectivity index (χ1v) is 26.6. The van der Waals surface area contributed by atoms with E-state index in [0.717, 1.165) is 89.9 Å². The van der Waals surface area contributed by atoms with Crippen LogP contribution < -0.4 is 0 Å². The van der Waals surface area contributed by atoms with E-state index in [2.05, 4.69) is 69.4 Å². The van der Waals surface area contributed by atoms with Crippen LogP contribution in [0.4, 0.5) is 0 Å². The van der Waals surface area contributed by atoms with E-state index in [9.17, 15) is 14.4 Å². The fourth-order valence-electron chi connectivity index (χ4n) is 7.50. The van der Waals surface area contributed by atoms with Crippen LogP contribution >= 0.6 is 0 Å². The van der Waals surface area contributed by atoms with Gasteiger partial charge in [-0.2, -0.15) is 0 Å². The van der Waals surface area contributed by atoms with E-state index in [1.165, 1.54) is 141 Å². The molecule has 0 bridgehead atoms. The summed E-state index contributed by atoms with van der Waals surface area (Å²) in [5, 5.41) is 0. The molecule has 0 aromatic heterocycles. The van der Waals surface area contributed by atoms with Crippen LogP contribution in [0.3, 0.4) is 0 Å². The molecule has 6 nitrogen and oxygen atoms in total. The van der Waals surface area contributed by atoms with Crippen molar-refractivity contribution in [3.05, 3.63) is 48.6 Å². The molecule has 0 saturated heterocycles. The lowest BCUT2D eigenvalue weighted by Crippen LogP contribution is -2.30. The smallest absolute Gasteiger partial charge is 0.306 e. The van der Waals surface area contributed by atoms with E-state index in [1.807, 2.05) is 0 Å². The lowest BCUT2D eigenvalue weighted by molar-refractivity contribution is -0.167. The van der Waals surface area contributed by atoms with E-state index >= 15 is 0 Å². The minimum absolute atomic E-state index is 0.0764. The molecular weight excluding hydrogens is 769 g/mol. The number of hydrogen-bond acceptors (Lipinski definition) is 6. The van der Waals surface area contributed by atoms with Crippen molar-refractivity contribution in [1.82, 2.24) is 0 Å². The second-order valence-electron chi connectivity index (χ2n) is 17.8. The maximum Gasteiger partial charge on any atom is 0.306 e. The summed E-state index contributed by atoms with van der Waals surface area (Å²) >= 11 is 0. The zero-order valence-electron chi connectivity index (χ0n) is 41.1. The summed E-state index contributed by atoms with van der Waals surface area (Å²) in [6, 6.07) is 0. The van der Waals surface area contributed by atoms with Crippen molar-refractivity contribution in [1.29, 1.82) is 0 Å². The van der Waals surface area contributed by atoms with Crippen LogP contribution in [0.1, 0.15) is 271 Å². The molecular formula is C56H100O6. The Bertz CT molecular complexity index is 1090. The predicted octanol–water partition coefficient (Wildman–Crippen LogP) is 17.5. The second kappa shape index (κ2) is 51.0. The Hall–Kier alpha value is -2.63. The van der Waals surface area contributed by atoms with E-state index < -0.39 is 6.10 Å². The maximum atomic E-state index is 12.7. The number of allylic oxidation sites excluding steroid dienone is 8. The highest BCUT2D eigenvalue weighted by Crippen LogP contribution is 2.15. The van der Waals surface area contributed by atoms with Gasteiger partial charge in [0, 0.05) is 19.3 Å². The van der Waals surface area contributed by atoms with Crippen LogP contribution in [0.15, 0.2) is 48.6 Å². The average molecular weight is 869 g/mol. The van der Waals surface area contributed by atoms with Gasteiger partial charge in [-0.15, -0.1) is 0 Å². The lowest BCUT2D eigenvalue weighted by atomic mass is 10.0. The van der Waals surface area contributed by atoms with Gasteiger partial charge in [-0.1, -0.05) is 217 Å². The summed E-state index contributed by atoms with van der Waals surface area (Å²) in [5.74, 6) is -0.897. The van der Waals surface area contributed by atoms with Gasteiger partial charge < -0.3 is 14.2 Å². The summed E-state index contributed by atoms with van der Waals surface area (Å²) in [4.78, 5) is 37.6. The normalized spacial score (nSPS) is 12.4. The Morgan fingerprint density at radius 3 is 0.952 bits per heavy atom. The molecule has 6 heteroatoms. The van der Waals surface area contributed by atoms with Gasteiger partial charge >= 0.3 is 17.9 Å². The number of esters is 3. The molecule has 0 saturated carbocycles. The Balaban J connectivity index is 4.02. The van der Waals surface area contributed by atoms with Gasteiger partial charge in [0.2, 0.25) is 0 Å². The molecule has 0 rings (SSSR count). The van der Waals surface area contributed by atoms with Crippen molar-refractivity contribution < 1.29 is 28.6 Å². The van der Waals surface area contributed by atoms with Crippen LogP contribution in [0.5, 0.6) is 0 Å². The molecule has 0 aliphatic carbocycles. The fourth-order valence-corrected chi connectivity index (χ4v) is 7.50. The molecule has 0 amide bonds. The monoisotopic (exact) mass is 869 g/mol. The maximum absolute atomic E-state index is 12.7. The Morgan fingerprint density at radius 2 is 0.581 bits per heavy atom. The first-order valence-electron chi connectivity index (χ1n) is 26.6. The van der Waals surface area contributed by atoms with Crippen LogP contribution in [0.2, 0.25) is 0 Å². The standard InChI is InChI=1S/C56H100O6/c1-4-7-10-13-15-17-19-21-22-23-24-25-26-27-28-29-30-31-32-33-34-35-37-38-40-43-46-49-55(58)61-52-53(51-60-54(57)48-45-42-12-9-6-3)62-56(59)50-47-44-41-39-36-20-18-16-14-11-8-5-2/h16,18-19,21,23-24,26-27,53H,4-15,17,20,22,25,28-52H2,1-3H3/b18-16-,21-19-,24-23-,27-26-. The minimum atomic E-state index is -0.772. The average Bonchev–Trinajstić information content (AvgIpc) is 3.27. The largest absolute Gasteiger partial charge is 0.462 e. The second-order valence-corrected chi connectivity index (χ2v) is 17.8. The van der Waals surface area contributed by atoms with Crippen molar-refractivity contribution in [3.8, 4) is 0 Å². The Labute approximate surface area is 384 Å². The molecule has 360 valence electrons. The molecule has 0 radical (unpaired) electrons. The highest BCUT2D eigenvalue weighted by atomic mass is 16.6. The zero-order valence-corrected chi connectivity index (χ0v) is 41.1. The van der Waals surface area contributed by atoms with Crippen molar-refractivity contribution >= 4 is 17.9 Å². The van der Waals surface area contributed by atoms with Gasteiger partial charge in [0.25, 0.3) is 0 Å². The number of ether oxygens (including phenoxy) is 3. The van der Waals surface area contributed by atoms with Gasteiger partial charge in [-0.3, -0.25) is 14.4 Å². The highest BCUT2D eigenvalue weighted by Gasteiger charge is 2.19. The van der Waals surface area contributed by atoms with Gasteiger partial charge in [0.05, 0.1) is 0 Å². The number of hydrogen-bond donors (Lipinski definition) is 0. The zero-order chi connectivity index (χ0) is 45.1. The van der Waals surface area contributed by atoms with E-state index in [1.54, 1.807) is 0 Å². The number of carbonyl (C=O) groups excluding carboxylic acids is 3. The molecule has 0 aliphatic heterocycles. The fraction of sp³-hybridized carbons (Fsp3) is 0.804. The first-order chi connectivity index (χ1) is 30.5. The predicted molar refractivity (Wildman–Crippen MR) is 265 cm³/mol. The molecule has 0 aromatic carbocycles. The third kappa shape index (κ3) is 48.4. The molecule has 0 heterocycles. The van der Waals surface area contributed by atoms with Crippen molar-refractivity contribution in [2.24, 2.45) is 0 Å². The summed E-state index contributed by atoms with van der Waals surface area (Å²) in [7, 11) is 0. The molecule has 0 N–H and O–H groups in total.